The van der Waals surface area contributed by atoms with Gasteiger partial charge in [0, 0.05) is 24.4 Å². The highest BCUT2D eigenvalue weighted by Crippen LogP contribution is 2.31. The lowest BCUT2D eigenvalue weighted by Crippen LogP contribution is -2.45. The minimum absolute atomic E-state index is 0.172. The summed E-state index contributed by atoms with van der Waals surface area (Å²) in [6.07, 6.45) is 9.50. The van der Waals surface area contributed by atoms with Gasteiger partial charge in [0.05, 0.1) is 31.3 Å². The van der Waals surface area contributed by atoms with Crippen LogP contribution in [0.2, 0.25) is 0 Å². The number of carbonyl (C=O) groups excluding carboxylic acids is 1. The Balaban J connectivity index is 1.27. The van der Waals surface area contributed by atoms with E-state index < -0.39 is 15.8 Å². The highest BCUT2D eigenvalue weighted by molar-refractivity contribution is 7.90. The van der Waals surface area contributed by atoms with E-state index in [9.17, 15) is 13.2 Å². The van der Waals surface area contributed by atoms with E-state index in [4.69, 9.17) is 18.9 Å². The highest BCUT2D eigenvalue weighted by Gasteiger charge is 2.36. The maximum atomic E-state index is 12.0. The second kappa shape index (κ2) is 13.6. The number of benzene rings is 2. The number of carbonyl (C=O) groups is 1. The predicted octanol–water partition coefficient (Wildman–Crippen LogP) is 5.09. The zero-order valence-corrected chi connectivity index (χ0v) is 21.9. The summed E-state index contributed by atoms with van der Waals surface area (Å²) in [6.45, 7) is 6.13. The third-order valence-electron chi connectivity index (χ3n) is 6.19. The first-order valence-corrected chi connectivity index (χ1v) is 14.3. The molecule has 0 aromatic heterocycles. The Morgan fingerprint density at radius 1 is 0.944 bits per heavy atom. The molecule has 0 N–H and O–H groups in total. The molecule has 3 rings (SSSR count). The van der Waals surface area contributed by atoms with Gasteiger partial charge in [-0.15, -0.1) is 0 Å². The van der Waals surface area contributed by atoms with Crippen molar-refractivity contribution in [1.29, 1.82) is 0 Å². The van der Waals surface area contributed by atoms with Crippen LogP contribution in [0.1, 0.15) is 44.6 Å². The van der Waals surface area contributed by atoms with Crippen LogP contribution in [0.25, 0.3) is 6.08 Å². The molecule has 1 aliphatic heterocycles. The predicted molar refractivity (Wildman–Crippen MR) is 139 cm³/mol. The summed E-state index contributed by atoms with van der Waals surface area (Å²) in [5, 5.41) is 0. The molecule has 0 radical (unpaired) electrons. The molecule has 0 amide bonds. The van der Waals surface area contributed by atoms with E-state index in [-0.39, 0.29) is 16.1 Å². The smallest absolute Gasteiger partial charge is 0.336 e. The van der Waals surface area contributed by atoms with Crippen molar-refractivity contribution < 1.29 is 32.2 Å². The molecule has 0 unspecified atom stereocenters. The van der Waals surface area contributed by atoms with E-state index in [0.717, 1.165) is 76.1 Å². The molecule has 7 nitrogen and oxygen atoms in total. The monoisotopic (exact) mass is 516 g/mol. The van der Waals surface area contributed by atoms with Crippen molar-refractivity contribution in [1.82, 2.24) is 0 Å². The molecule has 36 heavy (non-hydrogen) atoms. The molecule has 8 heteroatoms. The van der Waals surface area contributed by atoms with Crippen molar-refractivity contribution in [2.24, 2.45) is 5.41 Å². The van der Waals surface area contributed by atoms with Crippen molar-refractivity contribution >= 4 is 21.9 Å². The summed E-state index contributed by atoms with van der Waals surface area (Å²) in [5.74, 6) is 0.522. The van der Waals surface area contributed by atoms with Crippen LogP contribution in [0.15, 0.2) is 59.5 Å². The summed E-state index contributed by atoms with van der Waals surface area (Å²) in [7, 11) is -3.29. The van der Waals surface area contributed by atoms with Gasteiger partial charge in [-0.3, -0.25) is 0 Å². The summed E-state index contributed by atoms with van der Waals surface area (Å²) in [6, 6.07) is 13.2. The Morgan fingerprint density at radius 3 is 2.17 bits per heavy atom. The van der Waals surface area contributed by atoms with Crippen molar-refractivity contribution in [2.45, 2.75) is 43.9 Å². The maximum Gasteiger partial charge on any atom is 0.336 e. The standard InChI is InChI=1S/C28H36O7S/c1-3-28(21-33-22-28)20-32-18-6-4-5-7-19-34-24-11-8-23(9-12-24)10-17-27(29)35-25-13-15-26(16-14-25)36(2,30)31/h8-17H,3-7,18-22H2,1-2H3/b17-10+. The molecule has 0 atom stereocenters. The van der Waals surface area contributed by atoms with Crippen molar-refractivity contribution in [3.05, 3.63) is 60.2 Å². The number of rotatable bonds is 15. The molecule has 1 aliphatic rings. The first kappa shape index (κ1) is 27.9. The van der Waals surface area contributed by atoms with Gasteiger partial charge in [-0.05, 0) is 73.7 Å². The SMILES string of the molecule is CCC1(COCCCCCCOc2ccc(/C=C/C(=O)Oc3ccc(S(C)(=O)=O)cc3)cc2)COC1. The Bertz CT molecular complexity index is 1080. The van der Waals surface area contributed by atoms with Crippen LogP contribution in [-0.4, -0.2) is 53.7 Å². The van der Waals surface area contributed by atoms with Crippen LogP contribution >= 0.6 is 0 Å². The van der Waals surface area contributed by atoms with Crippen LogP contribution in [0, 0.1) is 5.41 Å². The molecule has 0 spiro atoms. The Kier molecular flexibility index (Phi) is 10.5. The maximum absolute atomic E-state index is 12.0. The number of hydrogen-bond acceptors (Lipinski definition) is 7. The lowest BCUT2D eigenvalue weighted by atomic mass is 9.84. The van der Waals surface area contributed by atoms with Gasteiger partial charge >= 0.3 is 5.97 Å². The van der Waals surface area contributed by atoms with Crippen molar-refractivity contribution in [3.63, 3.8) is 0 Å². The molecular formula is C28H36O7S. The molecule has 1 heterocycles. The first-order valence-electron chi connectivity index (χ1n) is 12.4. The van der Waals surface area contributed by atoms with Gasteiger partial charge in [0.1, 0.15) is 11.5 Å². The number of hydrogen-bond donors (Lipinski definition) is 0. The van der Waals surface area contributed by atoms with E-state index in [1.165, 1.54) is 30.3 Å². The second-order valence-corrected chi connectivity index (χ2v) is 11.2. The van der Waals surface area contributed by atoms with E-state index in [1.807, 2.05) is 24.3 Å². The molecule has 0 bridgehead atoms. The average molecular weight is 517 g/mol. The fourth-order valence-electron chi connectivity index (χ4n) is 3.66. The molecule has 0 saturated carbocycles. The molecule has 2 aromatic rings. The van der Waals surface area contributed by atoms with Crippen molar-refractivity contribution in [2.75, 3.05) is 39.3 Å². The van der Waals surface area contributed by atoms with Crippen molar-refractivity contribution in [3.8, 4) is 11.5 Å². The van der Waals surface area contributed by atoms with Gasteiger partial charge in [0.15, 0.2) is 9.84 Å². The minimum Gasteiger partial charge on any atom is -0.494 e. The largest absolute Gasteiger partial charge is 0.494 e. The fourth-order valence-corrected chi connectivity index (χ4v) is 4.29. The zero-order valence-electron chi connectivity index (χ0n) is 21.1. The van der Waals surface area contributed by atoms with E-state index in [0.29, 0.717) is 6.61 Å². The lowest BCUT2D eigenvalue weighted by Gasteiger charge is -2.40. The van der Waals surface area contributed by atoms with E-state index >= 15 is 0 Å². The quantitative estimate of drug-likeness (QED) is 0.141. The Hall–Kier alpha value is -2.68. The molecule has 1 fully saturated rings. The normalized spacial score (nSPS) is 14.9. The lowest BCUT2D eigenvalue weighted by molar-refractivity contribution is -0.150. The molecule has 196 valence electrons. The summed E-state index contributed by atoms with van der Waals surface area (Å²) in [5.41, 5.74) is 1.10. The van der Waals surface area contributed by atoms with Crippen LogP contribution < -0.4 is 9.47 Å². The molecule has 1 saturated heterocycles. The topological polar surface area (TPSA) is 88.1 Å². The highest BCUT2D eigenvalue weighted by atomic mass is 32.2. The Morgan fingerprint density at radius 2 is 1.58 bits per heavy atom. The van der Waals surface area contributed by atoms with Gasteiger partial charge in [-0.2, -0.15) is 0 Å². The fraction of sp³-hybridized carbons (Fsp3) is 0.464. The van der Waals surface area contributed by atoms with Crippen LogP contribution in [0.3, 0.4) is 0 Å². The number of ether oxygens (including phenoxy) is 4. The van der Waals surface area contributed by atoms with Gasteiger partial charge < -0.3 is 18.9 Å². The first-order chi connectivity index (χ1) is 17.3. The third-order valence-corrected chi connectivity index (χ3v) is 7.32. The minimum atomic E-state index is -3.29. The van der Waals surface area contributed by atoms with Gasteiger partial charge in [-0.1, -0.05) is 25.5 Å². The average Bonchev–Trinajstić information content (AvgIpc) is 2.83. The molecule has 0 aliphatic carbocycles. The number of esters is 1. The molecular weight excluding hydrogens is 480 g/mol. The van der Waals surface area contributed by atoms with Gasteiger partial charge in [0.25, 0.3) is 0 Å². The third kappa shape index (κ3) is 9.08. The van der Waals surface area contributed by atoms with Gasteiger partial charge in [-0.25, -0.2) is 13.2 Å². The summed E-state index contributed by atoms with van der Waals surface area (Å²) >= 11 is 0. The summed E-state index contributed by atoms with van der Waals surface area (Å²) in [4.78, 5) is 12.2. The van der Waals surface area contributed by atoms with Gasteiger partial charge in [0.2, 0.25) is 0 Å². The van der Waals surface area contributed by atoms with E-state index in [1.54, 1.807) is 6.08 Å². The molecule has 2 aromatic carbocycles. The van der Waals surface area contributed by atoms with Crippen LogP contribution in [0.4, 0.5) is 0 Å². The van der Waals surface area contributed by atoms with Crippen LogP contribution in [0.5, 0.6) is 11.5 Å². The number of sulfone groups is 1. The Labute approximate surface area is 214 Å². The van der Waals surface area contributed by atoms with Crippen LogP contribution in [-0.2, 0) is 24.1 Å². The number of unbranched alkanes of at least 4 members (excludes halogenated alkanes) is 3. The second-order valence-electron chi connectivity index (χ2n) is 9.23. The zero-order chi connectivity index (χ0) is 25.9. The summed E-state index contributed by atoms with van der Waals surface area (Å²) < 4.78 is 45.1. The van der Waals surface area contributed by atoms with E-state index in [2.05, 4.69) is 6.92 Å².